The smallest absolute Gasteiger partial charge is 0.337 e. The lowest BCUT2D eigenvalue weighted by molar-refractivity contribution is 0.0600. The molecule has 3 aromatic carbocycles. The molecule has 1 N–H and O–H groups in total. The van der Waals surface area contributed by atoms with Gasteiger partial charge in [0.1, 0.15) is 5.82 Å². The molecule has 0 aromatic heterocycles. The van der Waals surface area contributed by atoms with E-state index in [0.717, 1.165) is 0 Å². The number of methoxy groups -OCH3 is 1. The van der Waals surface area contributed by atoms with E-state index in [4.69, 9.17) is 4.74 Å². The fraction of sp³-hybridized carbons (Fsp3) is 0.0435. The highest BCUT2D eigenvalue weighted by Crippen LogP contribution is 2.13. The standard InChI is InChI=1S/C23H16FNO3/c1-28-23(27)19-8-2-5-16(13-19)11-12-17-6-3-10-21(14-17)25-22(26)18-7-4-9-20(24)15-18/h2-10,13-15H,1H3,(H,25,26). The van der Waals surface area contributed by atoms with Crippen molar-refractivity contribution in [2.45, 2.75) is 0 Å². The van der Waals surface area contributed by atoms with Crippen LogP contribution in [-0.4, -0.2) is 19.0 Å². The number of halogens is 1. The van der Waals surface area contributed by atoms with Crippen molar-refractivity contribution in [3.63, 3.8) is 0 Å². The van der Waals surface area contributed by atoms with Gasteiger partial charge in [-0.2, -0.15) is 0 Å². The number of ether oxygens (including phenoxy) is 1. The lowest BCUT2D eigenvalue weighted by atomic mass is 10.1. The van der Waals surface area contributed by atoms with Gasteiger partial charge >= 0.3 is 5.97 Å². The predicted molar refractivity (Wildman–Crippen MR) is 105 cm³/mol. The minimum absolute atomic E-state index is 0.233. The maximum absolute atomic E-state index is 13.3. The van der Waals surface area contributed by atoms with Gasteiger partial charge in [-0.1, -0.05) is 30.0 Å². The summed E-state index contributed by atoms with van der Waals surface area (Å²) in [5.41, 5.74) is 2.54. The molecule has 0 radical (unpaired) electrons. The Bertz CT molecular complexity index is 1100. The van der Waals surface area contributed by atoms with Crippen LogP contribution in [0.25, 0.3) is 0 Å². The Morgan fingerprint density at radius 2 is 1.50 bits per heavy atom. The molecule has 0 fully saturated rings. The van der Waals surface area contributed by atoms with Crippen molar-refractivity contribution in [3.05, 3.63) is 101 Å². The van der Waals surface area contributed by atoms with Gasteiger partial charge in [0.2, 0.25) is 0 Å². The molecule has 0 heterocycles. The van der Waals surface area contributed by atoms with E-state index >= 15 is 0 Å². The van der Waals surface area contributed by atoms with Crippen LogP contribution < -0.4 is 5.32 Å². The number of amides is 1. The van der Waals surface area contributed by atoms with E-state index in [2.05, 4.69) is 17.2 Å². The van der Waals surface area contributed by atoms with Gasteiger partial charge in [0, 0.05) is 22.4 Å². The molecule has 0 saturated carbocycles. The van der Waals surface area contributed by atoms with Crippen LogP contribution in [0.3, 0.4) is 0 Å². The molecule has 5 heteroatoms. The zero-order chi connectivity index (χ0) is 19.9. The van der Waals surface area contributed by atoms with E-state index in [-0.39, 0.29) is 5.56 Å². The van der Waals surface area contributed by atoms with E-state index in [1.165, 1.54) is 31.4 Å². The molecule has 0 unspecified atom stereocenters. The number of esters is 1. The summed E-state index contributed by atoms with van der Waals surface area (Å²) in [4.78, 5) is 23.8. The second-order valence-corrected chi connectivity index (χ2v) is 5.87. The zero-order valence-corrected chi connectivity index (χ0v) is 15.0. The molecule has 3 rings (SSSR count). The van der Waals surface area contributed by atoms with Crippen LogP contribution in [0.2, 0.25) is 0 Å². The van der Waals surface area contributed by atoms with Gasteiger partial charge in [-0.25, -0.2) is 9.18 Å². The number of rotatable bonds is 3. The first-order valence-corrected chi connectivity index (χ1v) is 8.42. The van der Waals surface area contributed by atoms with Crippen LogP contribution in [0.1, 0.15) is 31.8 Å². The molecule has 0 aliphatic carbocycles. The van der Waals surface area contributed by atoms with E-state index in [0.29, 0.717) is 22.4 Å². The zero-order valence-electron chi connectivity index (χ0n) is 15.0. The minimum atomic E-state index is -0.471. The summed E-state index contributed by atoms with van der Waals surface area (Å²) >= 11 is 0. The third-order valence-corrected chi connectivity index (χ3v) is 3.84. The Morgan fingerprint density at radius 3 is 2.21 bits per heavy atom. The number of carbonyl (C=O) groups is 2. The summed E-state index contributed by atoms with van der Waals surface area (Å²) in [6, 6.07) is 19.3. The van der Waals surface area contributed by atoms with Crippen LogP contribution in [0.5, 0.6) is 0 Å². The van der Waals surface area contributed by atoms with Crippen molar-refractivity contribution in [3.8, 4) is 11.8 Å². The summed E-state index contributed by atoms with van der Waals surface area (Å²) in [5, 5.41) is 2.72. The van der Waals surface area contributed by atoms with Crippen LogP contribution in [0, 0.1) is 17.7 Å². The van der Waals surface area contributed by atoms with Gasteiger partial charge < -0.3 is 10.1 Å². The quantitative estimate of drug-likeness (QED) is 0.551. The topological polar surface area (TPSA) is 55.4 Å². The normalized spacial score (nSPS) is 9.79. The molecule has 0 aliphatic heterocycles. The predicted octanol–water partition coefficient (Wildman–Crippen LogP) is 4.26. The Kier molecular flexibility index (Phi) is 5.83. The highest BCUT2D eigenvalue weighted by atomic mass is 19.1. The Labute approximate surface area is 162 Å². The monoisotopic (exact) mass is 373 g/mol. The van der Waals surface area contributed by atoms with Crippen molar-refractivity contribution in [1.29, 1.82) is 0 Å². The van der Waals surface area contributed by atoms with Crippen LogP contribution >= 0.6 is 0 Å². The Morgan fingerprint density at radius 1 is 0.857 bits per heavy atom. The average molecular weight is 373 g/mol. The average Bonchev–Trinajstić information content (AvgIpc) is 2.72. The second-order valence-electron chi connectivity index (χ2n) is 5.87. The molecule has 138 valence electrons. The number of hydrogen-bond donors (Lipinski definition) is 1. The lowest BCUT2D eigenvalue weighted by Crippen LogP contribution is -2.12. The third-order valence-electron chi connectivity index (χ3n) is 3.84. The fourth-order valence-corrected chi connectivity index (χ4v) is 2.49. The van der Waals surface area contributed by atoms with Crippen molar-refractivity contribution in [1.82, 2.24) is 0 Å². The molecule has 0 spiro atoms. The SMILES string of the molecule is COC(=O)c1cccc(C#Cc2cccc(NC(=O)c3cccc(F)c3)c2)c1. The van der Waals surface area contributed by atoms with E-state index in [1.54, 1.807) is 48.5 Å². The summed E-state index contributed by atoms with van der Waals surface area (Å²) in [5.74, 6) is 4.67. The molecule has 0 bridgehead atoms. The van der Waals surface area contributed by atoms with Gasteiger partial charge in [0.05, 0.1) is 12.7 Å². The highest BCUT2D eigenvalue weighted by Gasteiger charge is 2.07. The summed E-state index contributed by atoms with van der Waals surface area (Å²) < 4.78 is 18.0. The highest BCUT2D eigenvalue weighted by molar-refractivity contribution is 6.04. The number of benzene rings is 3. The van der Waals surface area contributed by atoms with E-state index in [9.17, 15) is 14.0 Å². The summed E-state index contributed by atoms with van der Waals surface area (Å²) in [6.07, 6.45) is 0. The number of hydrogen-bond acceptors (Lipinski definition) is 3. The molecular weight excluding hydrogens is 357 g/mol. The third kappa shape index (κ3) is 4.83. The molecule has 3 aromatic rings. The van der Waals surface area contributed by atoms with Crippen molar-refractivity contribution in [2.75, 3.05) is 12.4 Å². The summed E-state index contributed by atoms with van der Waals surface area (Å²) in [6.45, 7) is 0. The van der Waals surface area contributed by atoms with Crippen molar-refractivity contribution >= 4 is 17.6 Å². The minimum Gasteiger partial charge on any atom is -0.465 e. The van der Waals surface area contributed by atoms with E-state index in [1.807, 2.05) is 0 Å². The van der Waals surface area contributed by atoms with Gasteiger partial charge in [-0.05, 0) is 54.6 Å². The number of anilines is 1. The van der Waals surface area contributed by atoms with Gasteiger partial charge in [0.15, 0.2) is 0 Å². The molecule has 4 nitrogen and oxygen atoms in total. The first-order valence-electron chi connectivity index (χ1n) is 8.42. The molecular formula is C23H16FNO3. The first-order chi connectivity index (χ1) is 13.5. The molecule has 0 saturated heterocycles. The molecule has 28 heavy (non-hydrogen) atoms. The number of nitrogens with one attached hydrogen (secondary N) is 1. The van der Waals surface area contributed by atoms with Crippen LogP contribution in [0.15, 0.2) is 72.8 Å². The largest absolute Gasteiger partial charge is 0.465 e. The maximum atomic E-state index is 13.3. The van der Waals surface area contributed by atoms with Gasteiger partial charge in [-0.15, -0.1) is 0 Å². The van der Waals surface area contributed by atoms with Crippen LogP contribution in [0.4, 0.5) is 10.1 Å². The Balaban J connectivity index is 1.77. The maximum Gasteiger partial charge on any atom is 0.337 e. The number of carbonyl (C=O) groups excluding carboxylic acids is 2. The second kappa shape index (κ2) is 8.65. The lowest BCUT2D eigenvalue weighted by Gasteiger charge is -2.05. The molecule has 1 amide bonds. The molecule has 0 atom stereocenters. The first kappa shape index (κ1) is 18.9. The Hall–Kier alpha value is -3.91. The summed E-state index contributed by atoms with van der Waals surface area (Å²) in [7, 11) is 1.32. The van der Waals surface area contributed by atoms with Crippen molar-refractivity contribution < 1.29 is 18.7 Å². The fourth-order valence-electron chi connectivity index (χ4n) is 2.49. The van der Waals surface area contributed by atoms with Crippen molar-refractivity contribution in [2.24, 2.45) is 0 Å². The van der Waals surface area contributed by atoms with Gasteiger partial charge in [0.25, 0.3) is 5.91 Å². The van der Waals surface area contributed by atoms with Gasteiger partial charge in [-0.3, -0.25) is 4.79 Å². The van der Waals surface area contributed by atoms with Crippen LogP contribution in [-0.2, 0) is 4.74 Å². The molecule has 0 aliphatic rings. The van der Waals surface area contributed by atoms with E-state index < -0.39 is 17.7 Å².